The number of ether oxygens (including phenoxy) is 2. The van der Waals surface area contributed by atoms with Gasteiger partial charge in [-0.25, -0.2) is 4.39 Å². The van der Waals surface area contributed by atoms with Gasteiger partial charge in [-0.2, -0.15) is 0 Å². The maximum Gasteiger partial charge on any atom is 0.188 e. The van der Waals surface area contributed by atoms with E-state index in [1.807, 2.05) is 24.3 Å². The van der Waals surface area contributed by atoms with Gasteiger partial charge < -0.3 is 9.47 Å². The number of hydrogen-bond donors (Lipinski definition) is 0. The summed E-state index contributed by atoms with van der Waals surface area (Å²) in [5, 5.41) is 0. The molecule has 0 saturated carbocycles. The van der Waals surface area contributed by atoms with Crippen LogP contribution in [0.4, 0.5) is 4.39 Å². The van der Waals surface area contributed by atoms with Crippen LogP contribution in [0.5, 0.6) is 5.75 Å². The van der Waals surface area contributed by atoms with Gasteiger partial charge in [-0.3, -0.25) is 4.79 Å². The summed E-state index contributed by atoms with van der Waals surface area (Å²) in [6.07, 6.45) is 0. The Labute approximate surface area is 130 Å². The first-order chi connectivity index (χ1) is 10.1. The molecule has 0 bridgehead atoms. The molecule has 2 aromatic carbocycles. The summed E-state index contributed by atoms with van der Waals surface area (Å²) < 4.78 is 24.6. The van der Waals surface area contributed by atoms with E-state index in [1.165, 1.54) is 19.2 Å². The van der Waals surface area contributed by atoms with Gasteiger partial charge in [0.25, 0.3) is 0 Å². The topological polar surface area (TPSA) is 35.5 Å². The van der Waals surface area contributed by atoms with Crippen molar-refractivity contribution in [3.8, 4) is 5.75 Å². The van der Waals surface area contributed by atoms with Gasteiger partial charge in [-0.1, -0.05) is 28.1 Å². The molecule has 0 amide bonds. The minimum Gasteiger partial charge on any atom is -0.494 e. The van der Waals surface area contributed by atoms with Crippen LogP contribution in [0.25, 0.3) is 0 Å². The molecule has 0 aliphatic rings. The molecule has 0 fully saturated rings. The summed E-state index contributed by atoms with van der Waals surface area (Å²) in [7, 11) is 1.38. The first-order valence-corrected chi connectivity index (χ1v) is 7.08. The Kier molecular flexibility index (Phi) is 5.47. The smallest absolute Gasteiger partial charge is 0.188 e. The average Bonchev–Trinajstić information content (AvgIpc) is 2.47. The Bertz CT molecular complexity index is 643. The van der Waals surface area contributed by atoms with Crippen LogP contribution in [0, 0.1) is 5.82 Å². The first kappa shape index (κ1) is 15.7. The summed E-state index contributed by atoms with van der Waals surface area (Å²) in [5.41, 5.74) is 1.22. The number of ketones is 1. The summed E-state index contributed by atoms with van der Waals surface area (Å²) in [5.74, 6) is -0.719. The first-order valence-electron chi connectivity index (χ1n) is 6.29. The Hall–Kier alpha value is -1.72. The normalized spacial score (nSPS) is 10.4. The van der Waals surface area contributed by atoms with Gasteiger partial charge in [0, 0.05) is 10.0 Å². The highest BCUT2D eigenvalue weighted by Crippen LogP contribution is 2.18. The van der Waals surface area contributed by atoms with Crippen molar-refractivity contribution in [3.05, 3.63) is 63.9 Å². The highest BCUT2D eigenvalue weighted by Gasteiger charge is 2.10. The molecule has 110 valence electrons. The molecule has 0 unspecified atom stereocenters. The number of benzene rings is 2. The molecule has 3 nitrogen and oxygen atoms in total. The molecule has 0 heterocycles. The Morgan fingerprint density at radius 3 is 2.71 bits per heavy atom. The zero-order valence-electron chi connectivity index (χ0n) is 11.4. The largest absolute Gasteiger partial charge is 0.494 e. The van der Waals surface area contributed by atoms with Crippen molar-refractivity contribution >= 4 is 21.7 Å². The minimum absolute atomic E-state index is 0.0989. The fourth-order valence-corrected chi connectivity index (χ4v) is 2.26. The van der Waals surface area contributed by atoms with E-state index in [0.717, 1.165) is 16.1 Å². The molecule has 0 saturated heterocycles. The lowest BCUT2D eigenvalue weighted by atomic mass is 10.1. The maximum atomic E-state index is 13.5. The number of methoxy groups -OCH3 is 1. The molecule has 5 heteroatoms. The molecule has 0 aliphatic carbocycles. The van der Waals surface area contributed by atoms with E-state index in [2.05, 4.69) is 15.9 Å². The van der Waals surface area contributed by atoms with Gasteiger partial charge in [0.2, 0.25) is 0 Å². The van der Waals surface area contributed by atoms with E-state index in [1.54, 1.807) is 0 Å². The quantitative estimate of drug-likeness (QED) is 0.737. The third-order valence-electron chi connectivity index (χ3n) is 2.86. The van der Waals surface area contributed by atoms with Gasteiger partial charge in [0.1, 0.15) is 6.61 Å². The molecular weight excluding hydrogens is 339 g/mol. The maximum absolute atomic E-state index is 13.5. The van der Waals surface area contributed by atoms with Crippen LogP contribution in [0.1, 0.15) is 15.9 Å². The Morgan fingerprint density at radius 2 is 2.05 bits per heavy atom. The number of Topliss-reactive ketones (excluding diaryl/α,β-unsaturated/α-hetero) is 1. The van der Waals surface area contributed by atoms with Crippen LogP contribution in [0.2, 0.25) is 0 Å². The monoisotopic (exact) mass is 352 g/mol. The molecule has 0 aromatic heterocycles. The van der Waals surface area contributed by atoms with Crippen LogP contribution in [-0.2, 0) is 11.3 Å². The van der Waals surface area contributed by atoms with Crippen molar-refractivity contribution in [2.75, 3.05) is 13.7 Å². The SMILES string of the molecule is COc1ccc(C(=O)COCc2cccc(Br)c2)cc1F. The van der Waals surface area contributed by atoms with Gasteiger partial charge >= 0.3 is 0 Å². The van der Waals surface area contributed by atoms with Crippen molar-refractivity contribution in [2.24, 2.45) is 0 Å². The third-order valence-corrected chi connectivity index (χ3v) is 3.36. The summed E-state index contributed by atoms with van der Waals surface area (Å²) in [6, 6.07) is 11.7. The van der Waals surface area contributed by atoms with E-state index >= 15 is 0 Å². The number of carbonyl (C=O) groups excluding carboxylic acids is 1. The van der Waals surface area contributed by atoms with Crippen LogP contribution in [-0.4, -0.2) is 19.5 Å². The van der Waals surface area contributed by atoms with Gasteiger partial charge in [0.05, 0.1) is 13.7 Å². The van der Waals surface area contributed by atoms with E-state index < -0.39 is 5.82 Å². The molecular formula is C16H14BrFO3. The van der Waals surface area contributed by atoms with E-state index in [4.69, 9.17) is 9.47 Å². The molecule has 0 N–H and O–H groups in total. The molecule has 0 spiro atoms. The highest BCUT2D eigenvalue weighted by molar-refractivity contribution is 9.10. The standard InChI is InChI=1S/C16H14BrFO3/c1-20-16-6-5-12(8-14(16)18)15(19)10-21-9-11-3-2-4-13(17)7-11/h2-8H,9-10H2,1H3. The van der Waals surface area contributed by atoms with E-state index in [-0.39, 0.29) is 23.7 Å². The number of carbonyl (C=O) groups is 1. The Morgan fingerprint density at radius 1 is 1.24 bits per heavy atom. The lowest BCUT2D eigenvalue weighted by molar-refractivity contribution is 0.0726. The molecule has 2 rings (SSSR count). The van der Waals surface area contributed by atoms with Crippen molar-refractivity contribution in [3.63, 3.8) is 0 Å². The van der Waals surface area contributed by atoms with E-state index in [9.17, 15) is 9.18 Å². The van der Waals surface area contributed by atoms with Crippen LogP contribution >= 0.6 is 15.9 Å². The van der Waals surface area contributed by atoms with Gasteiger partial charge in [-0.05, 0) is 35.9 Å². The number of halogens is 2. The second-order valence-electron chi connectivity index (χ2n) is 4.40. The lowest BCUT2D eigenvalue weighted by Gasteiger charge is -2.06. The number of hydrogen-bond acceptors (Lipinski definition) is 3. The molecule has 2 aromatic rings. The lowest BCUT2D eigenvalue weighted by Crippen LogP contribution is -2.09. The fraction of sp³-hybridized carbons (Fsp3) is 0.188. The zero-order chi connectivity index (χ0) is 15.2. The van der Waals surface area contributed by atoms with Crippen molar-refractivity contribution in [1.29, 1.82) is 0 Å². The van der Waals surface area contributed by atoms with Crippen molar-refractivity contribution in [2.45, 2.75) is 6.61 Å². The van der Waals surface area contributed by atoms with E-state index in [0.29, 0.717) is 6.61 Å². The molecule has 0 aliphatic heterocycles. The Balaban J connectivity index is 1.91. The zero-order valence-corrected chi connectivity index (χ0v) is 13.0. The fourth-order valence-electron chi connectivity index (χ4n) is 1.81. The van der Waals surface area contributed by atoms with Gasteiger partial charge in [0.15, 0.2) is 17.3 Å². The van der Waals surface area contributed by atoms with Crippen molar-refractivity contribution < 1.29 is 18.7 Å². The minimum atomic E-state index is -0.560. The predicted molar refractivity (Wildman–Crippen MR) is 81.1 cm³/mol. The molecule has 0 atom stereocenters. The summed E-state index contributed by atoms with van der Waals surface area (Å²) >= 11 is 3.37. The summed E-state index contributed by atoms with van der Waals surface area (Å²) in [6.45, 7) is 0.224. The predicted octanol–water partition coefficient (Wildman–Crippen LogP) is 4.00. The van der Waals surface area contributed by atoms with Crippen molar-refractivity contribution in [1.82, 2.24) is 0 Å². The van der Waals surface area contributed by atoms with Gasteiger partial charge in [-0.15, -0.1) is 0 Å². The number of rotatable bonds is 6. The molecule has 0 radical (unpaired) electrons. The van der Waals surface area contributed by atoms with Crippen LogP contribution in [0.3, 0.4) is 0 Å². The summed E-state index contributed by atoms with van der Waals surface area (Å²) in [4.78, 5) is 11.9. The molecule has 21 heavy (non-hydrogen) atoms. The van der Waals surface area contributed by atoms with Crippen LogP contribution < -0.4 is 4.74 Å². The second-order valence-corrected chi connectivity index (χ2v) is 5.31. The second kappa shape index (κ2) is 7.33. The third kappa shape index (κ3) is 4.37. The highest BCUT2D eigenvalue weighted by atomic mass is 79.9. The van der Waals surface area contributed by atoms with Crippen LogP contribution in [0.15, 0.2) is 46.9 Å². The average molecular weight is 353 g/mol.